The van der Waals surface area contributed by atoms with Gasteiger partial charge in [-0.1, -0.05) is 76.9 Å². The third kappa shape index (κ3) is 12.7. The van der Waals surface area contributed by atoms with E-state index in [1.165, 1.54) is 77.0 Å². The first-order valence-corrected chi connectivity index (χ1v) is 12.7. The maximum atomic E-state index is 12.1. The van der Waals surface area contributed by atoms with E-state index in [0.29, 0.717) is 17.4 Å². The lowest BCUT2D eigenvalue weighted by Gasteiger charge is -2.43. The Hall–Kier alpha value is -0.870. The van der Waals surface area contributed by atoms with Crippen molar-refractivity contribution in [1.29, 1.82) is 0 Å². The predicted molar refractivity (Wildman–Crippen MR) is 131 cm³/mol. The number of carboxylic acid groups (broad SMARTS) is 1. The van der Waals surface area contributed by atoms with Crippen molar-refractivity contribution in [2.45, 2.75) is 122 Å². The van der Waals surface area contributed by atoms with Crippen LogP contribution in [0.5, 0.6) is 0 Å². The number of carbonyl (C=O) groups is 1. The molecule has 4 nitrogen and oxygen atoms in total. The van der Waals surface area contributed by atoms with Gasteiger partial charge in [0.2, 0.25) is 0 Å². The standard InChI is InChI=1S/C26H52N2O2/c1-5-6-7-8-9-10-11-12-13-14-15-16-17-18-19-20-22-26(25(29)30,23-21-24-27)28(2,3)4/h12-13H,5-11,14-24,27H2,1-4H3/p+1/b13-12-. The molecule has 0 rings (SSSR count). The molecule has 0 amide bonds. The fraction of sp³-hybridized carbons (Fsp3) is 0.885. The first kappa shape index (κ1) is 29.1. The summed E-state index contributed by atoms with van der Waals surface area (Å²) in [6.07, 6.45) is 24.8. The third-order valence-electron chi connectivity index (χ3n) is 6.58. The normalized spacial score (nSPS) is 14.3. The summed E-state index contributed by atoms with van der Waals surface area (Å²) in [4.78, 5) is 12.1. The molecular weight excluding hydrogens is 372 g/mol. The zero-order chi connectivity index (χ0) is 22.7. The van der Waals surface area contributed by atoms with Crippen LogP contribution in [-0.4, -0.2) is 48.8 Å². The summed E-state index contributed by atoms with van der Waals surface area (Å²) in [5.41, 5.74) is 4.96. The SMILES string of the molecule is CCCCCCCC/C=C\CCCCCCCCC(CCCN)(C(=O)O)[N+](C)(C)C. The van der Waals surface area contributed by atoms with Gasteiger partial charge in [-0.05, 0) is 45.1 Å². The Kier molecular flexibility index (Phi) is 17.3. The van der Waals surface area contributed by atoms with Crippen LogP contribution in [0.15, 0.2) is 12.2 Å². The lowest BCUT2D eigenvalue weighted by atomic mass is 9.84. The molecule has 0 saturated carbocycles. The number of carboxylic acids is 1. The van der Waals surface area contributed by atoms with Crippen molar-refractivity contribution in [3.05, 3.63) is 12.2 Å². The molecule has 0 aliphatic carbocycles. The van der Waals surface area contributed by atoms with Crippen LogP contribution in [0.1, 0.15) is 116 Å². The summed E-state index contributed by atoms with van der Waals surface area (Å²) in [7, 11) is 6.01. The second-order valence-electron chi connectivity index (χ2n) is 9.93. The molecular formula is C26H53N2O2+. The Morgan fingerprint density at radius 2 is 1.20 bits per heavy atom. The van der Waals surface area contributed by atoms with Crippen molar-refractivity contribution < 1.29 is 14.4 Å². The first-order valence-electron chi connectivity index (χ1n) is 12.7. The molecule has 3 N–H and O–H groups in total. The third-order valence-corrected chi connectivity index (χ3v) is 6.58. The molecule has 0 aliphatic heterocycles. The maximum absolute atomic E-state index is 12.1. The molecule has 0 aromatic heterocycles. The van der Waals surface area contributed by atoms with E-state index in [2.05, 4.69) is 19.1 Å². The summed E-state index contributed by atoms with van der Waals surface area (Å²) in [5, 5.41) is 9.95. The smallest absolute Gasteiger partial charge is 0.365 e. The minimum atomic E-state index is -0.708. The fourth-order valence-corrected chi connectivity index (χ4v) is 4.36. The number of rotatable bonds is 21. The van der Waals surface area contributed by atoms with Crippen LogP contribution in [0.3, 0.4) is 0 Å². The summed E-state index contributed by atoms with van der Waals surface area (Å²) < 4.78 is 0.466. The van der Waals surface area contributed by atoms with Gasteiger partial charge in [0.1, 0.15) is 0 Å². The Balaban J connectivity index is 3.84. The van der Waals surface area contributed by atoms with Crippen molar-refractivity contribution in [1.82, 2.24) is 0 Å². The Labute approximate surface area is 187 Å². The highest BCUT2D eigenvalue weighted by molar-refractivity contribution is 5.77. The summed E-state index contributed by atoms with van der Waals surface area (Å²) in [6.45, 7) is 2.83. The molecule has 1 atom stereocenters. The molecule has 0 spiro atoms. The van der Waals surface area contributed by atoms with E-state index in [0.717, 1.165) is 25.7 Å². The van der Waals surface area contributed by atoms with Gasteiger partial charge < -0.3 is 15.3 Å². The quantitative estimate of drug-likeness (QED) is 0.122. The molecule has 30 heavy (non-hydrogen) atoms. The summed E-state index contributed by atoms with van der Waals surface area (Å²) in [5.74, 6) is -0.670. The van der Waals surface area contributed by atoms with Gasteiger partial charge in [-0.25, -0.2) is 4.79 Å². The topological polar surface area (TPSA) is 63.3 Å². The van der Waals surface area contributed by atoms with E-state index >= 15 is 0 Å². The van der Waals surface area contributed by atoms with Gasteiger partial charge in [-0.2, -0.15) is 0 Å². The summed E-state index contributed by atoms with van der Waals surface area (Å²) >= 11 is 0. The molecule has 1 unspecified atom stereocenters. The Bertz CT molecular complexity index is 443. The van der Waals surface area contributed by atoms with Crippen LogP contribution in [-0.2, 0) is 4.79 Å². The highest BCUT2D eigenvalue weighted by Crippen LogP contribution is 2.31. The molecule has 0 heterocycles. The van der Waals surface area contributed by atoms with E-state index in [1.54, 1.807) is 0 Å². The van der Waals surface area contributed by atoms with Crippen molar-refractivity contribution in [2.75, 3.05) is 27.7 Å². The second kappa shape index (κ2) is 17.8. The molecule has 0 fully saturated rings. The zero-order valence-corrected chi connectivity index (χ0v) is 20.8. The van der Waals surface area contributed by atoms with Crippen LogP contribution in [0.2, 0.25) is 0 Å². The van der Waals surface area contributed by atoms with Gasteiger partial charge in [0.05, 0.1) is 21.1 Å². The largest absolute Gasteiger partial charge is 0.477 e. The lowest BCUT2D eigenvalue weighted by Crippen LogP contribution is -2.62. The van der Waals surface area contributed by atoms with Crippen LogP contribution in [0.4, 0.5) is 0 Å². The van der Waals surface area contributed by atoms with E-state index in [9.17, 15) is 9.90 Å². The Morgan fingerprint density at radius 3 is 1.63 bits per heavy atom. The number of unbranched alkanes of at least 4 members (excludes halogenated alkanes) is 12. The number of nitrogens with zero attached hydrogens (tertiary/aromatic N) is 1. The maximum Gasteiger partial charge on any atom is 0.365 e. The van der Waals surface area contributed by atoms with E-state index in [4.69, 9.17) is 5.73 Å². The average Bonchev–Trinajstić information content (AvgIpc) is 2.68. The highest BCUT2D eigenvalue weighted by Gasteiger charge is 2.49. The number of quaternary nitrogens is 1. The monoisotopic (exact) mass is 425 g/mol. The predicted octanol–water partition coefficient (Wildman–Crippen LogP) is 6.68. The average molecular weight is 426 g/mol. The number of hydrogen-bond donors (Lipinski definition) is 2. The summed E-state index contributed by atoms with van der Waals surface area (Å²) in [6, 6.07) is 0. The van der Waals surface area contributed by atoms with Crippen molar-refractivity contribution in [3.8, 4) is 0 Å². The molecule has 0 radical (unpaired) electrons. The van der Waals surface area contributed by atoms with E-state index in [1.807, 2.05) is 21.1 Å². The lowest BCUT2D eigenvalue weighted by molar-refractivity contribution is -0.915. The molecule has 178 valence electrons. The van der Waals surface area contributed by atoms with Crippen LogP contribution in [0, 0.1) is 0 Å². The van der Waals surface area contributed by atoms with E-state index in [-0.39, 0.29) is 0 Å². The van der Waals surface area contributed by atoms with E-state index < -0.39 is 11.5 Å². The van der Waals surface area contributed by atoms with Crippen LogP contribution in [0.25, 0.3) is 0 Å². The minimum Gasteiger partial charge on any atom is -0.477 e. The van der Waals surface area contributed by atoms with Gasteiger partial charge >= 0.3 is 5.97 Å². The molecule has 0 saturated heterocycles. The fourth-order valence-electron chi connectivity index (χ4n) is 4.36. The highest BCUT2D eigenvalue weighted by atomic mass is 16.4. The Morgan fingerprint density at radius 1 is 0.767 bits per heavy atom. The van der Waals surface area contributed by atoms with Crippen molar-refractivity contribution >= 4 is 5.97 Å². The van der Waals surface area contributed by atoms with Crippen molar-refractivity contribution in [2.24, 2.45) is 5.73 Å². The number of aliphatic carboxylic acids is 1. The van der Waals surface area contributed by atoms with Crippen LogP contribution >= 0.6 is 0 Å². The minimum absolute atomic E-state index is 0.466. The molecule has 0 bridgehead atoms. The number of hydrogen-bond acceptors (Lipinski definition) is 2. The van der Waals surface area contributed by atoms with Crippen molar-refractivity contribution in [3.63, 3.8) is 0 Å². The zero-order valence-electron chi connectivity index (χ0n) is 20.8. The van der Waals surface area contributed by atoms with Gasteiger partial charge in [0, 0.05) is 12.8 Å². The first-order chi connectivity index (χ1) is 14.3. The van der Waals surface area contributed by atoms with Gasteiger partial charge in [-0.15, -0.1) is 0 Å². The number of allylic oxidation sites excluding steroid dienone is 2. The van der Waals surface area contributed by atoms with Gasteiger partial charge in [0.25, 0.3) is 0 Å². The number of nitrogens with two attached hydrogens (primary N) is 1. The molecule has 0 aliphatic rings. The van der Waals surface area contributed by atoms with Gasteiger partial charge in [0.15, 0.2) is 5.54 Å². The molecule has 0 aromatic carbocycles. The van der Waals surface area contributed by atoms with Crippen LogP contribution < -0.4 is 5.73 Å². The second-order valence-corrected chi connectivity index (χ2v) is 9.93. The number of likely N-dealkylation sites (N-methyl/N-ethyl adjacent to an activating group) is 1. The molecule has 4 heteroatoms. The van der Waals surface area contributed by atoms with Gasteiger partial charge in [-0.3, -0.25) is 0 Å². The molecule has 0 aromatic rings.